The van der Waals surface area contributed by atoms with Crippen LogP contribution in [-0.4, -0.2) is 37.2 Å². The molecule has 0 rings (SSSR count). The predicted molar refractivity (Wildman–Crippen MR) is 275 cm³/mol. The Morgan fingerprint density at radius 1 is 0.297 bits per heavy atom. The van der Waals surface area contributed by atoms with E-state index in [1.807, 2.05) is 0 Å². The van der Waals surface area contributed by atoms with E-state index in [1.165, 1.54) is 225 Å². The van der Waals surface area contributed by atoms with E-state index in [4.69, 9.17) is 14.2 Å². The third-order valence-corrected chi connectivity index (χ3v) is 13.0. The average molecular weight is 904 g/mol. The molecule has 1 unspecified atom stereocenters. The first-order valence-electron chi connectivity index (χ1n) is 28.7. The van der Waals surface area contributed by atoms with Crippen molar-refractivity contribution in [1.29, 1.82) is 0 Å². The smallest absolute Gasteiger partial charge is 0.306 e. The van der Waals surface area contributed by atoms with Gasteiger partial charge in [0.15, 0.2) is 6.10 Å². The summed E-state index contributed by atoms with van der Waals surface area (Å²) in [5.41, 5.74) is 0. The van der Waals surface area contributed by atoms with Gasteiger partial charge in [-0.1, -0.05) is 270 Å². The number of hydrogen-bond acceptors (Lipinski definition) is 6. The maximum atomic E-state index is 12.8. The molecule has 0 fully saturated rings. The third kappa shape index (κ3) is 51.1. The second-order valence-corrected chi connectivity index (χ2v) is 19.6. The Balaban J connectivity index is 4.30. The van der Waals surface area contributed by atoms with Gasteiger partial charge in [-0.25, -0.2) is 0 Å². The van der Waals surface area contributed by atoms with Gasteiger partial charge in [0, 0.05) is 19.3 Å². The summed E-state index contributed by atoms with van der Waals surface area (Å²) in [6.07, 6.45) is 60.5. The van der Waals surface area contributed by atoms with Gasteiger partial charge < -0.3 is 14.2 Å². The standard InChI is InChI=1S/C58H110O6/c1-4-7-10-13-16-19-22-25-27-29-31-33-36-39-42-45-48-51-57(60)63-54-55(53-62-56(59)50-47-44-41-38-35-24-21-18-15-12-9-6-3)64-58(61)52-49-46-43-40-37-34-32-30-28-26-23-20-17-14-11-8-5-2/h25,27,55H,4-24,26,28-54H2,1-3H3/b27-25-. The van der Waals surface area contributed by atoms with Crippen molar-refractivity contribution < 1.29 is 28.6 Å². The lowest BCUT2D eigenvalue weighted by atomic mass is 10.0. The molecule has 0 spiro atoms. The van der Waals surface area contributed by atoms with E-state index < -0.39 is 6.10 Å². The molecule has 0 aliphatic heterocycles. The predicted octanol–water partition coefficient (Wildman–Crippen LogP) is 18.9. The van der Waals surface area contributed by atoms with Crippen LogP contribution in [0, 0.1) is 0 Å². The molecule has 0 aromatic heterocycles. The van der Waals surface area contributed by atoms with Crippen LogP contribution >= 0.6 is 0 Å². The Morgan fingerprint density at radius 2 is 0.516 bits per heavy atom. The van der Waals surface area contributed by atoms with Gasteiger partial charge in [0.25, 0.3) is 0 Å². The number of rotatable bonds is 53. The van der Waals surface area contributed by atoms with Crippen LogP contribution in [0.15, 0.2) is 12.2 Å². The number of unbranched alkanes of at least 4 members (excludes halogenated alkanes) is 40. The summed E-state index contributed by atoms with van der Waals surface area (Å²) in [5.74, 6) is -0.847. The van der Waals surface area contributed by atoms with Crippen LogP contribution in [0.5, 0.6) is 0 Å². The lowest BCUT2D eigenvalue weighted by Gasteiger charge is -2.18. The van der Waals surface area contributed by atoms with Crippen molar-refractivity contribution in [1.82, 2.24) is 0 Å². The minimum atomic E-state index is -0.765. The first-order valence-corrected chi connectivity index (χ1v) is 28.7. The largest absolute Gasteiger partial charge is 0.462 e. The van der Waals surface area contributed by atoms with Crippen molar-refractivity contribution in [2.45, 2.75) is 329 Å². The Hall–Kier alpha value is -1.85. The van der Waals surface area contributed by atoms with Crippen LogP contribution in [0.3, 0.4) is 0 Å². The van der Waals surface area contributed by atoms with Crippen LogP contribution in [0.25, 0.3) is 0 Å². The molecule has 378 valence electrons. The molecular formula is C58H110O6. The van der Waals surface area contributed by atoms with Crippen molar-refractivity contribution in [3.8, 4) is 0 Å². The molecule has 64 heavy (non-hydrogen) atoms. The van der Waals surface area contributed by atoms with E-state index >= 15 is 0 Å². The number of carbonyl (C=O) groups is 3. The highest BCUT2D eigenvalue weighted by molar-refractivity contribution is 5.71. The van der Waals surface area contributed by atoms with Gasteiger partial charge in [0.05, 0.1) is 0 Å². The molecule has 0 amide bonds. The Bertz CT molecular complexity index is 993. The van der Waals surface area contributed by atoms with Gasteiger partial charge in [-0.2, -0.15) is 0 Å². The summed E-state index contributed by atoms with van der Waals surface area (Å²) in [4.78, 5) is 38.1. The molecule has 0 radical (unpaired) electrons. The van der Waals surface area contributed by atoms with Crippen LogP contribution < -0.4 is 0 Å². The second kappa shape index (κ2) is 53.8. The molecule has 6 heteroatoms. The topological polar surface area (TPSA) is 78.9 Å². The Kier molecular flexibility index (Phi) is 52.2. The van der Waals surface area contributed by atoms with Crippen molar-refractivity contribution in [3.05, 3.63) is 12.2 Å². The van der Waals surface area contributed by atoms with Gasteiger partial charge in [0.2, 0.25) is 0 Å². The molecular weight excluding hydrogens is 793 g/mol. The van der Waals surface area contributed by atoms with Crippen molar-refractivity contribution >= 4 is 17.9 Å². The minimum Gasteiger partial charge on any atom is -0.462 e. The normalized spacial score (nSPS) is 12.0. The summed E-state index contributed by atoms with van der Waals surface area (Å²) in [5, 5.41) is 0. The van der Waals surface area contributed by atoms with E-state index in [0.29, 0.717) is 19.3 Å². The molecule has 6 nitrogen and oxygen atoms in total. The number of esters is 3. The van der Waals surface area contributed by atoms with Gasteiger partial charge in [-0.05, 0) is 44.9 Å². The maximum absolute atomic E-state index is 12.8. The minimum absolute atomic E-state index is 0.0654. The number of carbonyl (C=O) groups excluding carboxylic acids is 3. The second-order valence-electron chi connectivity index (χ2n) is 19.6. The summed E-state index contributed by atoms with van der Waals surface area (Å²) in [6.45, 7) is 6.68. The van der Waals surface area contributed by atoms with Gasteiger partial charge in [-0.15, -0.1) is 0 Å². The highest BCUT2D eigenvalue weighted by Crippen LogP contribution is 2.17. The quantitative estimate of drug-likeness (QED) is 0.0262. The van der Waals surface area contributed by atoms with E-state index in [0.717, 1.165) is 57.8 Å². The van der Waals surface area contributed by atoms with E-state index in [1.54, 1.807) is 0 Å². The fraction of sp³-hybridized carbons (Fsp3) is 0.914. The van der Waals surface area contributed by atoms with Crippen LogP contribution in [0.4, 0.5) is 0 Å². The SMILES string of the molecule is CCCCCCCC/C=C\CCCCCCCCCC(=O)OCC(COC(=O)CCCCCCCCCCCCCC)OC(=O)CCCCCCCCCCCCCCCCCCC. The zero-order valence-electron chi connectivity index (χ0n) is 43.3. The van der Waals surface area contributed by atoms with Gasteiger partial charge in [-0.3, -0.25) is 14.4 Å². The molecule has 0 aromatic carbocycles. The fourth-order valence-electron chi connectivity index (χ4n) is 8.68. The molecule has 0 saturated heterocycles. The van der Waals surface area contributed by atoms with Crippen molar-refractivity contribution in [3.63, 3.8) is 0 Å². The molecule has 0 bridgehead atoms. The zero-order valence-corrected chi connectivity index (χ0v) is 43.3. The fourth-order valence-corrected chi connectivity index (χ4v) is 8.68. The molecule has 0 saturated carbocycles. The first-order chi connectivity index (χ1) is 31.5. The van der Waals surface area contributed by atoms with E-state index in [2.05, 4.69) is 32.9 Å². The summed E-state index contributed by atoms with van der Waals surface area (Å²) < 4.78 is 16.9. The zero-order chi connectivity index (χ0) is 46.5. The van der Waals surface area contributed by atoms with Crippen molar-refractivity contribution in [2.24, 2.45) is 0 Å². The molecule has 0 heterocycles. The van der Waals surface area contributed by atoms with E-state index in [-0.39, 0.29) is 31.1 Å². The first kappa shape index (κ1) is 62.1. The molecule has 0 N–H and O–H groups in total. The molecule has 0 aromatic rings. The molecule has 1 atom stereocenters. The summed E-state index contributed by atoms with van der Waals surface area (Å²) in [7, 11) is 0. The third-order valence-electron chi connectivity index (χ3n) is 13.0. The lowest BCUT2D eigenvalue weighted by molar-refractivity contribution is -0.167. The monoisotopic (exact) mass is 903 g/mol. The maximum Gasteiger partial charge on any atom is 0.306 e. The van der Waals surface area contributed by atoms with Crippen LogP contribution in [0.1, 0.15) is 323 Å². The highest BCUT2D eigenvalue weighted by Gasteiger charge is 2.19. The van der Waals surface area contributed by atoms with Crippen molar-refractivity contribution in [2.75, 3.05) is 13.2 Å². The van der Waals surface area contributed by atoms with E-state index in [9.17, 15) is 14.4 Å². The van der Waals surface area contributed by atoms with Gasteiger partial charge >= 0.3 is 17.9 Å². The average Bonchev–Trinajstić information content (AvgIpc) is 3.29. The number of allylic oxidation sites excluding steroid dienone is 2. The number of hydrogen-bond donors (Lipinski definition) is 0. The molecule has 0 aliphatic rings. The van der Waals surface area contributed by atoms with Crippen LogP contribution in [0.2, 0.25) is 0 Å². The Labute approximate surface area is 399 Å². The molecule has 0 aliphatic carbocycles. The Morgan fingerprint density at radius 3 is 0.781 bits per heavy atom. The lowest BCUT2D eigenvalue weighted by Crippen LogP contribution is -2.30. The van der Waals surface area contributed by atoms with Crippen LogP contribution in [-0.2, 0) is 28.6 Å². The number of ether oxygens (including phenoxy) is 3. The highest BCUT2D eigenvalue weighted by atomic mass is 16.6. The summed E-state index contributed by atoms with van der Waals surface area (Å²) >= 11 is 0. The summed E-state index contributed by atoms with van der Waals surface area (Å²) in [6, 6.07) is 0. The van der Waals surface area contributed by atoms with Gasteiger partial charge in [0.1, 0.15) is 13.2 Å².